The zero-order valence-corrected chi connectivity index (χ0v) is 25.2. The Balaban J connectivity index is 0.000000732. The van der Waals surface area contributed by atoms with Gasteiger partial charge < -0.3 is 15.2 Å². The minimum Gasteiger partial charge on any atom is -0.461 e. The van der Waals surface area contributed by atoms with Gasteiger partial charge in [-0.1, -0.05) is 33.8 Å². The van der Waals surface area contributed by atoms with Crippen LogP contribution in [0.25, 0.3) is 0 Å². The van der Waals surface area contributed by atoms with E-state index in [0.29, 0.717) is 35.9 Å². The second kappa shape index (κ2) is 11.9. The zero-order chi connectivity index (χ0) is 28.5. The Labute approximate surface area is 232 Å². The molecule has 3 saturated carbocycles. The predicted octanol–water partition coefficient (Wildman–Crippen LogP) is 3.88. The molecule has 4 fully saturated rings. The number of thioether (sulfide) groups is 1. The maximum Gasteiger partial charge on any atom is 0.316 e. The van der Waals surface area contributed by atoms with E-state index in [1.54, 1.807) is 11.8 Å². The Hall–Kier alpha value is -0.940. The van der Waals surface area contributed by atoms with Crippen LogP contribution >= 0.6 is 11.8 Å². The van der Waals surface area contributed by atoms with E-state index in [2.05, 4.69) is 32.7 Å². The molecule has 38 heavy (non-hydrogen) atoms. The van der Waals surface area contributed by atoms with Crippen LogP contribution < -0.4 is 5.32 Å². The third-order valence-electron chi connectivity index (χ3n) is 10.3. The standard InChI is InChI=1S/C27H43NO4S.CH4O3S/c1-6-25(4)14-21(32-22(30)16-33-19-8-7-13-28-15-19)26(5)17(2)9-11-27(18(3)24(25)31)12-10-20(29)23(26)27;1-5(2,3)4/h6,17-19,21,23-24,28,31H,1,7-16H2,2-5H3;1H3,(H,2,3,4)/t17?,18-,19-,21+,23?,24?,25+,26-,27?;/m0./s1. The van der Waals surface area contributed by atoms with E-state index in [4.69, 9.17) is 9.29 Å². The molecule has 3 aliphatic carbocycles. The molecule has 2 bridgehead atoms. The molecule has 0 aromatic carbocycles. The van der Waals surface area contributed by atoms with Crippen molar-refractivity contribution in [2.75, 3.05) is 25.1 Å². The number of esters is 1. The Kier molecular flexibility index (Phi) is 9.88. The minimum atomic E-state index is -3.67. The van der Waals surface area contributed by atoms with Crippen molar-refractivity contribution in [1.29, 1.82) is 0 Å². The molecule has 0 radical (unpaired) electrons. The molecule has 9 atom stereocenters. The summed E-state index contributed by atoms with van der Waals surface area (Å²) < 4.78 is 32.2. The molecule has 8 nitrogen and oxygen atoms in total. The summed E-state index contributed by atoms with van der Waals surface area (Å²) in [5.41, 5.74) is -1.24. The van der Waals surface area contributed by atoms with Crippen molar-refractivity contribution in [3.8, 4) is 0 Å². The monoisotopic (exact) mass is 573 g/mol. The lowest BCUT2D eigenvalue weighted by Crippen LogP contribution is -2.63. The van der Waals surface area contributed by atoms with Crippen molar-refractivity contribution in [2.45, 2.75) is 90.1 Å². The van der Waals surface area contributed by atoms with Crippen LogP contribution in [0.1, 0.15) is 72.6 Å². The van der Waals surface area contributed by atoms with E-state index in [1.165, 1.54) is 0 Å². The Morgan fingerprint density at radius 3 is 2.50 bits per heavy atom. The Morgan fingerprint density at radius 2 is 1.92 bits per heavy atom. The molecule has 4 aliphatic rings. The maximum absolute atomic E-state index is 13.4. The lowest BCUT2D eigenvalue weighted by molar-refractivity contribution is -0.205. The van der Waals surface area contributed by atoms with Crippen molar-refractivity contribution in [1.82, 2.24) is 5.32 Å². The average Bonchev–Trinajstić information content (AvgIpc) is 3.21. The number of carbonyl (C=O) groups is 2. The largest absolute Gasteiger partial charge is 0.461 e. The van der Waals surface area contributed by atoms with Crippen molar-refractivity contribution in [3.63, 3.8) is 0 Å². The number of ether oxygens (including phenoxy) is 1. The topological polar surface area (TPSA) is 130 Å². The van der Waals surface area contributed by atoms with Crippen LogP contribution in [0.4, 0.5) is 0 Å². The van der Waals surface area contributed by atoms with Gasteiger partial charge in [0.25, 0.3) is 10.1 Å². The Bertz CT molecular complexity index is 989. The smallest absolute Gasteiger partial charge is 0.316 e. The van der Waals surface area contributed by atoms with Crippen LogP contribution in [0.3, 0.4) is 0 Å². The zero-order valence-electron chi connectivity index (χ0n) is 23.6. The number of nitrogens with one attached hydrogen (secondary N) is 1. The fourth-order valence-electron chi connectivity index (χ4n) is 7.84. The highest BCUT2D eigenvalue weighted by Crippen LogP contribution is 2.68. The second-order valence-electron chi connectivity index (χ2n) is 12.6. The summed E-state index contributed by atoms with van der Waals surface area (Å²) in [6.07, 6.45) is 7.66. The molecule has 0 spiro atoms. The van der Waals surface area contributed by atoms with Gasteiger partial charge in [0.15, 0.2) is 0 Å². The fraction of sp³-hybridized carbons (Fsp3) is 0.857. The molecule has 218 valence electrons. The first kappa shape index (κ1) is 31.6. The lowest BCUT2D eigenvalue weighted by atomic mass is 9.44. The van der Waals surface area contributed by atoms with Crippen molar-refractivity contribution < 1.29 is 32.4 Å². The summed E-state index contributed by atoms with van der Waals surface area (Å²) in [6, 6.07) is 0. The summed E-state index contributed by atoms with van der Waals surface area (Å²) in [6.45, 7) is 14.7. The summed E-state index contributed by atoms with van der Waals surface area (Å²) >= 11 is 1.68. The van der Waals surface area contributed by atoms with E-state index in [-0.39, 0.29) is 29.1 Å². The minimum absolute atomic E-state index is 0.00483. The average molecular weight is 574 g/mol. The number of rotatable bonds is 5. The number of ketones is 1. The number of carbonyl (C=O) groups excluding carboxylic acids is 2. The molecule has 4 rings (SSSR count). The van der Waals surface area contributed by atoms with Crippen LogP contribution in [-0.2, 0) is 24.4 Å². The first-order valence-corrected chi connectivity index (χ1v) is 16.8. The van der Waals surface area contributed by atoms with Crippen LogP contribution in [0, 0.1) is 34.0 Å². The molecule has 1 saturated heterocycles. The molecular weight excluding hydrogens is 526 g/mol. The number of piperidine rings is 1. The third kappa shape index (κ3) is 6.35. The summed E-state index contributed by atoms with van der Waals surface area (Å²) in [5.74, 6) is 0.535. The molecule has 0 aromatic heterocycles. The van der Waals surface area contributed by atoms with Crippen LogP contribution in [0.5, 0.6) is 0 Å². The van der Waals surface area contributed by atoms with Gasteiger partial charge >= 0.3 is 5.97 Å². The quantitative estimate of drug-likeness (QED) is 0.255. The van der Waals surface area contributed by atoms with Gasteiger partial charge in [0.1, 0.15) is 11.9 Å². The van der Waals surface area contributed by atoms with E-state index in [9.17, 15) is 23.1 Å². The van der Waals surface area contributed by atoms with Gasteiger partial charge in [-0.25, -0.2) is 0 Å². The van der Waals surface area contributed by atoms with Crippen LogP contribution in [-0.4, -0.2) is 72.4 Å². The number of aliphatic hydroxyl groups is 1. The van der Waals surface area contributed by atoms with E-state index in [1.807, 2.05) is 13.0 Å². The molecule has 1 heterocycles. The Morgan fingerprint density at radius 1 is 1.26 bits per heavy atom. The third-order valence-corrected chi connectivity index (χ3v) is 11.5. The van der Waals surface area contributed by atoms with Crippen molar-refractivity contribution in [3.05, 3.63) is 12.7 Å². The number of hydrogen-bond acceptors (Lipinski definition) is 8. The van der Waals surface area contributed by atoms with Gasteiger partial charge in [-0.15, -0.1) is 18.3 Å². The van der Waals surface area contributed by atoms with E-state index in [0.717, 1.165) is 45.2 Å². The first-order valence-electron chi connectivity index (χ1n) is 13.9. The number of Topliss-reactive ketones (excluding diaryl/α,β-unsaturated/α-hetero) is 1. The highest BCUT2D eigenvalue weighted by molar-refractivity contribution is 8.00. The van der Waals surface area contributed by atoms with Gasteiger partial charge in [0.05, 0.1) is 18.1 Å². The SMILES string of the molecule is C=C[C@]1(C)C[C@@H](OC(=O)CS[C@H]2CCCNC2)[C@]2(C)C(C)CCC3(CCC(=O)C32)[C@@H](C)C1O.CS(=O)(=O)O. The molecule has 10 heteroatoms. The normalized spacial score (nSPS) is 43.1. The van der Waals surface area contributed by atoms with E-state index < -0.39 is 33.2 Å². The second-order valence-corrected chi connectivity index (χ2v) is 15.3. The van der Waals surface area contributed by atoms with Gasteiger partial charge in [0.2, 0.25) is 0 Å². The van der Waals surface area contributed by atoms with Gasteiger partial charge in [0, 0.05) is 35.0 Å². The number of hydrogen-bond donors (Lipinski definition) is 3. The highest BCUT2D eigenvalue weighted by atomic mass is 32.2. The van der Waals surface area contributed by atoms with Crippen LogP contribution in [0.2, 0.25) is 0 Å². The molecule has 1 aliphatic heterocycles. The van der Waals surface area contributed by atoms with Crippen molar-refractivity contribution in [2.24, 2.45) is 34.0 Å². The van der Waals surface area contributed by atoms with Gasteiger partial charge in [-0.3, -0.25) is 14.1 Å². The number of aliphatic hydroxyl groups excluding tert-OH is 1. The van der Waals surface area contributed by atoms with E-state index >= 15 is 0 Å². The summed E-state index contributed by atoms with van der Waals surface area (Å²) in [4.78, 5) is 26.6. The van der Waals surface area contributed by atoms with Crippen molar-refractivity contribution >= 4 is 33.6 Å². The summed E-state index contributed by atoms with van der Waals surface area (Å²) in [5, 5.41) is 15.4. The van der Waals surface area contributed by atoms with Gasteiger partial charge in [-0.2, -0.15) is 8.42 Å². The van der Waals surface area contributed by atoms with Gasteiger partial charge in [-0.05, 0) is 62.3 Å². The summed E-state index contributed by atoms with van der Waals surface area (Å²) in [7, 11) is -3.67. The molecule has 0 aromatic rings. The molecule has 3 N–H and O–H groups in total. The molecule has 4 unspecified atom stereocenters. The predicted molar refractivity (Wildman–Crippen MR) is 150 cm³/mol. The highest BCUT2D eigenvalue weighted by Gasteiger charge is 2.68. The fourth-order valence-corrected chi connectivity index (χ4v) is 8.85. The molecule has 0 amide bonds. The maximum atomic E-state index is 13.4. The first-order chi connectivity index (χ1) is 17.6. The van der Waals surface area contributed by atoms with Crippen LogP contribution in [0.15, 0.2) is 12.7 Å². The lowest BCUT2D eigenvalue weighted by Gasteiger charge is -2.61. The molecular formula is C28H47NO7S2.